The van der Waals surface area contributed by atoms with Gasteiger partial charge < -0.3 is 4.74 Å². The first-order valence-electron chi connectivity index (χ1n) is 4.84. The fourth-order valence-corrected chi connectivity index (χ4v) is 1.19. The minimum Gasteiger partial charge on any atom is -0.469 e. The summed E-state index contributed by atoms with van der Waals surface area (Å²) >= 11 is 0. The number of benzene rings is 1. The summed E-state index contributed by atoms with van der Waals surface area (Å²) in [6.45, 7) is 0. The van der Waals surface area contributed by atoms with Gasteiger partial charge in [0, 0.05) is 0 Å². The zero-order chi connectivity index (χ0) is 12.9. The van der Waals surface area contributed by atoms with Crippen LogP contribution in [0.1, 0.15) is 17.5 Å². The van der Waals surface area contributed by atoms with E-state index in [9.17, 15) is 18.0 Å². The highest BCUT2D eigenvalue weighted by Crippen LogP contribution is 2.29. The Morgan fingerprint density at radius 1 is 1.41 bits per heavy atom. The molecule has 0 unspecified atom stereocenters. The molecule has 17 heavy (non-hydrogen) atoms. The monoisotopic (exact) mass is 244 g/mol. The Morgan fingerprint density at radius 3 is 2.71 bits per heavy atom. The molecule has 0 aliphatic heterocycles. The van der Waals surface area contributed by atoms with Crippen LogP contribution in [0.15, 0.2) is 30.3 Å². The summed E-state index contributed by atoms with van der Waals surface area (Å²) in [4.78, 5) is 10.8. The van der Waals surface area contributed by atoms with E-state index >= 15 is 0 Å². The molecule has 0 aliphatic carbocycles. The van der Waals surface area contributed by atoms with Crippen LogP contribution in [0.2, 0.25) is 0 Å². The highest BCUT2D eigenvalue weighted by atomic mass is 19.4. The molecule has 0 fully saturated rings. The van der Waals surface area contributed by atoms with Crippen molar-refractivity contribution in [1.29, 1.82) is 0 Å². The highest BCUT2D eigenvalue weighted by molar-refractivity contribution is 5.72. The first kappa shape index (κ1) is 13.3. The van der Waals surface area contributed by atoms with Crippen LogP contribution in [0.4, 0.5) is 13.2 Å². The fraction of sp³-hybridized carbons (Fsp3) is 0.250. The summed E-state index contributed by atoms with van der Waals surface area (Å²) in [5.74, 6) is -0.437. The number of esters is 1. The molecule has 0 radical (unpaired) electrons. The van der Waals surface area contributed by atoms with E-state index in [1.807, 2.05) is 0 Å². The van der Waals surface area contributed by atoms with Crippen molar-refractivity contribution in [3.63, 3.8) is 0 Å². The molecule has 0 aromatic heterocycles. The smallest absolute Gasteiger partial charge is 0.416 e. The van der Waals surface area contributed by atoms with Gasteiger partial charge in [-0.3, -0.25) is 4.79 Å². The largest absolute Gasteiger partial charge is 0.469 e. The number of ether oxygens (including phenoxy) is 1. The van der Waals surface area contributed by atoms with Crippen LogP contribution in [0.3, 0.4) is 0 Å². The van der Waals surface area contributed by atoms with Gasteiger partial charge in [0.15, 0.2) is 0 Å². The molecule has 0 amide bonds. The van der Waals surface area contributed by atoms with Gasteiger partial charge in [0.2, 0.25) is 0 Å². The van der Waals surface area contributed by atoms with Gasteiger partial charge >= 0.3 is 12.1 Å². The number of carbonyl (C=O) groups is 1. The molecule has 0 heterocycles. The van der Waals surface area contributed by atoms with E-state index in [1.165, 1.54) is 31.4 Å². The maximum atomic E-state index is 12.4. The van der Waals surface area contributed by atoms with E-state index in [4.69, 9.17) is 0 Å². The van der Waals surface area contributed by atoms with E-state index in [1.54, 1.807) is 0 Å². The molecule has 1 aromatic rings. The van der Waals surface area contributed by atoms with Crippen molar-refractivity contribution in [2.75, 3.05) is 7.11 Å². The summed E-state index contributed by atoms with van der Waals surface area (Å²) in [5, 5.41) is 0. The minimum atomic E-state index is -4.35. The normalized spacial score (nSPS) is 11.8. The molecular weight excluding hydrogens is 233 g/mol. The maximum Gasteiger partial charge on any atom is 0.416 e. The van der Waals surface area contributed by atoms with Crippen LogP contribution >= 0.6 is 0 Å². The third-order valence-electron chi connectivity index (χ3n) is 2.04. The number of hydrogen-bond donors (Lipinski definition) is 0. The van der Waals surface area contributed by atoms with Crippen molar-refractivity contribution in [3.05, 3.63) is 41.5 Å². The van der Waals surface area contributed by atoms with Crippen molar-refractivity contribution in [2.24, 2.45) is 0 Å². The molecule has 1 rings (SSSR count). The van der Waals surface area contributed by atoms with Gasteiger partial charge in [-0.05, 0) is 17.7 Å². The number of rotatable bonds is 3. The van der Waals surface area contributed by atoms with E-state index in [-0.39, 0.29) is 6.42 Å². The molecule has 0 atom stereocenters. The Balaban J connectivity index is 2.76. The second-order valence-electron chi connectivity index (χ2n) is 3.31. The van der Waals surface area contributed by atoms with Gasteiger partial charge in [0.25, 0.3) is 0 Å². The van der Waals surface area contributed by atoms with E-state index in [0.717, 1.165) is 12.1 Å². The first-order chi connectivity index (χ1) is 7.93. The lowest BCUT2D eigenvalue weighted by Gasteiger charge is -2.06. The van der Waals surface area contributed by atoms with Crippen molar-refractivity contribution in [2.45, 2.75) is 12.6 Å². The van der Waals surface area contributed by atoms with Gasteiger partial charge in [-0.25, -0.2) is 0 Å². The Hall–Kier alpha value is -1.78. The van der Waals surface area contributed by atoms with E-state index < -0.39 is 17.7 Å². The SMILES string of the molecule is COC(=O)C/C=C\c1cccc(C(F)(F)F)c1. The summed E-state index contributed by atoms with van der Waals surface area (Å²) < 4.78 is 41.5. The Bertz CT molecular complexity index is 422. The van der Waals surface area contributed by atoms with Crippen LogP contribution in [0.5, 0.6) is 0 Å². The molecule has 0 N–H and O–H groups in total. The molecule has 0 saturated carbocycles. The van der Waals surface area contributed by atoms with Crippen LogP contribution in [-0.4, -0.2) is 13.1 Å². The number of halogens is 3. The molecule has 0 bridgehead atoms. The van der Waals surface area contributed by atoms with Gasteiger partial charge in [0.1, 0.15) is 0 Å². The Kier molecular flexibility index (Phi) is 4.31. The van der Waals surface area contributed by atoms with E-state index in [2.05, 4.69) is 4.74 Å². The minimum absolute atomic E-state index is 0.0345. The van der Waals surface area contributed by atoms with Crippen molar-refractivity contribution >= 4 is 12.0 Å². The van der Waals surface area contributed by atoms with Crippen molar-refractivity contribution < 1.29 is 22.7 Å². The number of alkyl halides is 3. The van der Waals surface area contributed by atoms with Gasteiger partial charge in [0.05, 0.1) is 19.1 Å². The molecule has 1 aromatic carbocycles. The summed E-state index contributed by atoms with van der Waals surface area (Å²) in [6.07, 6.45) is -1.41. The van der Waals surface area contributed by atoms with Crippen LogP contribution < -0.4 is 0 Å². The summed E-state index contributed by atoms with van der Waals surface area (Å²) in [5.41, 5.74) is -0.318. The van der Waals surface area contributed by atoms with E-state index in [0.29, 0.717) is 5.56 Å². The number of hydrogen-bond acceptors (Lipinski definition) is 2. The van der Waals surface area contributed by atoms with Gasteiger partial charge in [-0.15, -0.1) is 0 Å². The maximum absolute atomic E-state index is 12.4. The Morgan fingerprint density at radius 2 is 2.12 bits per heavy atom. The van der Waals surface area contributed by atoms with Crippen LogP contribution in [0, 0.1) is 0 Å². The number of carbonyl (C=O) groups excluding carboxylic acids is 1. The van der Waals surface area contributed by atoms with Crippen LogP contribution in [0.25, 0.3) is 6.08 Å². The zero-order valence-corrected chi connectivity index (χ0v) is 9.12. The lowest BCUT2D eigenvalue weighted by atomic mass is 10.1. The molecule has 0 spiro atoms. The topological polar surface area (TPSA) is 26.3 Å². The van der Waals surface area contributed by atoms with Crippen molar-refractivity contribution in [3.8, 4) is 0 Å². The van der Waals surface area contributed by atoms with Crippen LogP contribution in [-0.2, 0) is 15.7 Å². The number of methoxy groups -OCH3 is 1. The molecule has 0 aliphatic rings. The first-order valence-corrected chi connectivity index (χ1v) is 4.84. The highest BCUT2D eigenvalue weighted by Gasteiger charge is 2.30. The Labute approximate surface area is 96.7 Å². The zero-order valence-electron chi connectivity index (χ0n) is 9.12. The molecule has 2 nitrogen and oxygen atoms in total. The van der Waals surface area contributed by atoms with Gasteiger partial charge in [-0.2, -0.15) is 13.2 Å². The van der Waals surface area contributed by atoms with Crippen molar-refractivity contribution in [1.82, 2.24) is 0 Å². The standard InChI is InChI=1S/C12H11F3O2/c1-17-11(16)7-3-5-9-4-2-6-10(8-9)12(13,14)15/h2-6,8H,7H2,1H3/b5-3-. The second-order valence-corrected chi connectivity index (χ2v) is 3.31. The lowest BCUT2D eigenvalue weighted by Crippen LogP contribution is -2.04. The third-order valence-corrected chi connectivity index (χ3v) is 2.04. The lowest BCUT2D eigenvalue weighted by molar-refractivity contribution is -0.139. The molecule has 0 saturated heterocycles. The quantitative estimate of drug-likeness (QED) is 0.763. The summed E-state index contributed by atoms with van der Waals surface area (Å²) in [7, 11) is 1.25. The van der Waals surface area contributed by atoms with Gasteiger partial charge in [-0.1, -0.05) is 24.3 Å². The molecular formula is C12H11F3O2. The second kappa shape index (κ2) is 5.52. The average Bonchev–Trinajstić information content (AvgIpc) is 2.28. The average molecular weight is 244 g/mol. The third kappa shape index (κ3) is 4.30. The fourth-order valence-electron chi connectivity index (χ4n) is 1.19. The predicted molar refractivity (Wildman–Crippen MR) is 57.1 cm³/mol. The predicted octanol–water partition coefficient (Wildman–Crippen LogP) is 3.28. The summed E-state index contributed by atoms with van der Waals surface area (Å²) in [6, 6.07) is 4.87. The molecule has 5 heteroatoms. The molecule has 92 valence electrons.